The lowest BCUT2D eigenvalue weighted by atomic mass is 9.91. The van der Waals surface area contributed by atoms with Crippen LogP contribution in [0.3, 0.4) is 0 Å². The van der Waals surface area contributed by atoms with Gasteiger partial charge in [0.05, 0.1) is 6.61 Å². The SMILES string of the molecule is C[Si](C)(C)CCOC(=O)N1CCC(Cc2ccncc2)CC1. The number of hydrogen-bond acceptors (Lipinski definition) is 3. The quantitative estimate of drug-likeness (QED) is 0.775. The fraction of sp³-hybridized carbons (Fsp3) is 0.647. The van der Waals surface area contributed by atoms with Gasteiger partial charge in [-0.2, -0.15) is 0 Å². The third-order valence-corrected chi connectivity index (χ3v) is 5.93. The molecule has 4 nitrogen and oxygen atoms in total. The molecule has 0 saturated carbocycles. The molecule has 1 aliphatic heterocycles. The van der Waals surface area contributed by atoms with E-state index in [-0.39, 0.29) is 6.09 Å². The molecule has 0 bridgehead atoms. The molecule has 1 saturated heterocycles. The van der Waals surface area contributed by atoms with Crippen molar-refractivity contribution in [2.45, 2.75) is 44.9 Å². The normalized spacial score (nSPS) is 16.6. The fourth-order valence-corrected chi connectivity index (χ4v) is 3.42. The van der Waals surface area contributed by atoms with Crippen molar-refractivity contribution >= 4 is 14.2 Å². The first kappa shape index (κ1) is 17.0. The molecule has 0 aliphatic carbocycles. The van der Waals surface area contributed by atoms with Gasteiger partial charge < -0.3 is 9.64 Å². The lowest BCUT2D eigenvalue weighted by molar-refractivity contribution is 0.0916. The van der Waals surface area contributed by atoms with Gasteiger partial charge in [-0.25, -0.2) is 4.79 Å². The minimum absolute atomic E-state index is 0.124. The summed E-state index contributed by atoms with van der Waals surface area (Å²) in [6.07, 6.45) is 6.78. The molecule has 1 aromatic rings. The number of hydrogen-bond donors (Lipinski definition) is 0. The van der Waals surface area contributed by atoms with Crippen molar-refractivity contribution in [3.05, 3.63) is 30.1 Å². The van der Waals surface area contributed by atoms with Gasteiger partial charge >= 0.3 is 6.09 Å². The van der Waals surface area contributed by atoms with Crippen molar-refractivity contribution in [2.24, 2.45) is 5.92 Å². The number of likely N-dealkylation sites (tertiary alicyclic amines) is 1. The van der Waals surface area contributed by atoms with Crippen molar-refractivity contribution in [2.75, 3.05) is 19.7 Å². The van der Waals surface area contributed by atoms with Crippen LogP contribution >= 0.6 is 0 Å². The van der Waals surface area contributed by atoms with E-state index in [1.165, 1.54) is 5.56 Å². The zero-order valence-corrected chi connectivity index (χ0v) is 15.0. The Morgan fingerprint density at radius 2 is 1.91 bits per heavy atom. The lowest BCUT2D eigenvalue weighted by Crippen LogP contribution is -2.39. The van der Waals surface area contributed by atoms with Crippen molar-refractivity contribution in [1.29, 1.82) is 0 Å². The monoisotopic (exact) mass is 320 g/mol. The van der Waals surface area contributed by atoms with Crippen LogP contribution in [0.4, 0.5) is 4.79 Å². The molecule has 1 fully saturated rings. The summed E-state index contributed by atoms with van der Waals surface area (Å²) >= 11 is 0. The first-order valence-corrected chi connectivity index (χ1v) is 12.0. The van der Waals surface area contributed by atoms with E-state index in [4.69, 9.17) is 4.74 Å². The molecular weight excluding hydrogens is 292 g/mol. The molecule has 1 aliphatic rings. The van der Waals surface area contributed by atoms with Crippen molar-refractivity contribution in [3.63, 3.8) is 0 Å². The Hall–Kier alpha value is -1.36. The van der Waals surface area contributed by atoms with Gasteiger partial charge in [0.1, 0.15) is 0 Å². The molecule has 0 atom stereocenters. The number of amides is 1. The van der Waals surface area contributed by atoms with Crippen LogP contribution in [0.15, 0.2) is 24.5 Å². The Labute approximate surface area is 134 Å². The second-order valence-corrected chi connectivity index (χ2v) is 13.0. The molecule has 0 unspecified atom stereocenters. The maximum atomic E-state index is 12.1. The summed E-state index contributed by atoms with van der Waals surface area (Å²) in [5.74, 6) is 0.661. The highest BCUT2D eigenvalue weighted by Gasteiger charge is 2.24. The van der Waals surface area contributed by atoms with Gasteiger partial charge in [0.15, 0.2) is 0 Å². The Kier molecular flexibility index (Phi) is 6.00. The van der Waals surface area contributed by atoms with Gasteiger partial charge in [-0.15, -0.1) is 0 Å². The predicted octanol–water partition coefficient (Wildman–Crippen LogP) is 3.81. The fourth-order valence-electron chi connectivity index (χ4n) is 2.71. The van der Waals surface area contributed by atoms with Crippen molar-refractivity contribution < 1.29 is 9.53 Å². The number of carbonyl (C=O) groups excluding carboxylic acids is 1. The van der Waals surface area contributed by atoms with Crippen LogP contribution in [0.1, 0.15) is 18.4 Å². The first-order chi connectivity index (χ1) is 10.4. The minimum Gasteiger partial charge on any atom is -0.450 e. The minimum atomic E-state index is -1.13. The Morgan fingerprint density at radius 3 is 2.50 bits per heavy atom. The Morgan fingerprint density at radius 1 is 1.27 bits per heavy atom. The van der Waals surface area contributed by atoms with E-state index in [9.17, 15) is 4.79 Å². The smallest absolute Gasteiger partial charge is 0.409 e. The van der Waals surface area contributed by atoms with E-state index in [1.54, 1.807) is 0 Å². The van der Waals surface area contributed by atoms with E-state index in [0.29, 0.717) is 12.5 Å². The highest BCUT2D eigenvalue weighted by atomic mass is 28.3. The average Bonchev–Trinajstić information content (AvgIpc) is 2.47. The lowest BCUT2D eigenvalue weighted by Gasteiger charge is -2.31. The van der Waals surface area contributed by atoms with Crippen LogP contribution in [0.25, 0.3) is 0 Å². The molecular formula is C17H28N2O2Si. The number of nitrogens with zero attached hydrogens (tertiary/aromatic N) is 2. The zero-order chi connectivity index (χ0) is 16.0. The predicted molar refractivity (Wildman–Crippen MR) is 91.7 cm³/mol. The molecule has 5 heteroatoms. The summed E-state index contributed by atoms with van der Waals surface area (Å²) < 4.78 is 5.42. The van der Waals surface area contributed by atoms with Gasteiger partial charge in [0, 0.05) is 33.6 Å². The Bertz CT molecular complexity index is 465. The van der Waals surface area contributed by atoms with Gasteiger partial charge in [-0.3, -0.25) is 4.98 Å². The van der Waals surface area contributed by atoms with Crippen LogP contribution in [-0.2, 0) is 11.2 Å². The van der Waals surface area contributed by atoms with Crippen LogP contribution < -0.4 is 0 Å². The van der Waals surface area contributed by atoms with Crippen molar-refractivity contribution in [1.82, 2.24) is 9.88 Å². The third-order valence-electron chi connectivity index (χ3n) is 4.22. The molecule has 0 spiro atoms. The molecule has 122 valence electrons. The molecule has 2 rings (SSSR count). The maximum Gasteiger partial charge on any atom is 0.409 e. The number of ether oxygens (including phenoxy) is 1. The molecule has 1 aromatic heterocycles. The summed E-state index contributed by atoms with van der Waals surface area (Å²) in [7, 11) is -1.13. The van der Waals surface area contributed by atoms with Crippen LogP contribution in [0.2, 0.25) is 25.7 Å². The Balaban J connectivity index is 1.69. The number of pyridine rings is 1. The van der Waals surface area contributed by atoms with Crippen LogP contribution in [0.5, 0.6) is 0 Å². The molecule has 0 aromatic carbocycles. The first-order valence-electron chi connectivity index (χ1n) is 8.25. The van der Waals surface area contributed by atoms with Crippen molar-refractivity contribution in [3.8, 4) is 0 Å². The van der Waals surface area contributed by atoms with Gasteiger partial charge in [0.25, 0.3) is 0 Å². The highest BCUT2D eigenvalue weighted by molar-refractivity contribution is 6.76. The van der Waals surface area contributed by atoms with E-state index < -0.39 is 8.07 Å². The van der Waals surface area contributed by atoms with Gasteiger partial charge in [-0.05, 0) is 48.9 Å². The van der Waals surface area contributed by atoms with E-state index in [2.05, 4.69) is 36.8 Å². The molecule has 1 amide bonds. The summed E-state index contributed by atoms with van der Waals surface area (Å²) in [4.78, 5) is 18.0. The molecule has 0 radical (unpaired) electrons. The second-order valence-electron chi connectivity index (χ2n) is 7.42. The summed E-state index contributed by atoms with van der Waals surface area (Å²) in [5.41, 5.74) is 1.34. The van der Waals surface area contributed by atoms with Gasteiger partial charge in [0.2, 0.25) is 0 Å². The highest BCUT2D eigenvalue weighted by Crippen LogP contribution is 2.22. The standard InChI is InChI=1S/C17H28N2O2Si/c1-22(2,3)13-12-21-17(20)19-10-6-16(7-11-19)14-15-4-8-18-9-5-15/h4-5,8-9,16H,6-7,10-14H2,1-3H3. The summed E-state index contributed by atoms with van der Waals surface area (Å²) in [5, 5.41) is 0. The molecule has 0 N–H and O–H groups in total. The number of piperidine rings is 1. The molecule has 2 heterocycles. The van der Waals surface area contributed by atoms with Crippen LogP contribution in [-0.4, -0.2) is 43.7 Å². The topological polar surface area (TPSA) is 42.4 Å². The summed E-state index contributed by atoms with van der Waals surface area (Å²) in [6, 6.07) is 5.20. The van der Waals surface area contributed by atoms with E-state index in [0.717, 1.165) is 38.4 Å². The van der Waals surface area contributed by atoms with E-state index in [1.807, 2.05) is 17.3 Å². The average molecular weight is 321 g/mol. The third kappa shape index (κ3) is 5.79. The van der Waals surface area contributed by atoms with Crippen LogP contribution in [0, 0.1) is 5.92 Å². The molecule has 22 heavy (non-hydrogen) atoms. The zero-order valence-electron chi connectivity index (χ0n) is 14.0. The second kappa shape index (κ2) is 7.77. The number of rotatable bonds is 5. The van der Waals surface area contributed by atoms with E-state index >= 15 is 0 Å². The number of carbonyl (C=O) groups is 1. The largest absolute Gasteiger partial charge is 0.450 e. The maximum absolute atomic E-state index is 12.1. The summed E-state index contributed by atoms with van der Waals surface area (Å²) in [6.45, 7) is 9.11. The van der Waals surface area contributed by atoms with Gasteiger partial charge in [-0.1, -0.05) is 19.6 Å². The number of aromatic nitrogens is 1.